The van der Waals surface area contributed by atoms with Crippen molar-refractivity contribution in [3.05, 3.63) is 23.9 Å². The van der Waals surface area contributed by atoms with Gasteiger partial charge in [0.15, 0.2) is 0 Å². The van der Waals surface area contributed by atoms with Crippen LogP contribution in [-0.4, -0.2) is 41.2 Å². The average Bonchev–Trinajstić information content (AvgIpc) is 2.37. The quantitative estimate of drug-likeness (QED) is 0.815. The van der Waals surface area contributed by atoms with E-state index in [0.717, 1.165) is 0 Å². The first-order chi connectivity index (χ1) is 8.82. The van der Waals surface area contributed by atoms with E-state index in [0.29, 0.717) is 0 Å². The molecule has 0 aliphatic carbocycles. The van der Waals surface area contributed by atoms with Crippen molar-refractivity contribution in [1.29, 1.82) is 0 Å². The summed E-state index contributed by atoms with van der Waals surface area (Å²) in [6.07, 6.45) is 1.51. The van der Waals surface area contributed by atoms with Gasteiger partial charge in [0, 0.05) is 13.2 Å². The van der Waals surface area contributed by atoms with Gasteiger partial charge >= 0.3 is 11.9 Å². The van der Waals surface area contributed by atoms with Gasteiger partial charge in [-0.1, -0.05) is 0 Å². The molecule has 0 aliphatic heterocycles. The number of esters is 1. The smallest absolute Gasteiger partial charge is 0.341 e. The Morgan fingerprint density at radius 2 is 2.11 bits per heavy atom. The van der Waals surface area contributed by atoms with E-state index in [2.05, 4.69) is 4.98 Å². The fourth-order valence-corrected chi connectivity index (χ4v) is 1.44. The van der Waals surface area contributed by atoms with Gasteiger partial charge in [0.05, 0.1) is 6.61 Å². The number of ether oxygens (including phenoxy) is 1. The standard InChI is InChI=1S/C13H18N2O4/c1-5-19-11(16)9-7-6-8-14-10(9)15(4)13(2,3)12(17)18/h6-8H,5H2,1-4H3,(H,17,18). The average molecular weight is 266 g/mol. The lowest BCUT2D eigenvalue weighted by Crippen LogP contribution is -2.49. The maximum absolute atomic E-state index is 11.8. The lowest BCUT2D eigenvalue weighted by molar-refractivity contribution is -0.142. The van der Waals surface area contributed by atoms with Crippen LogP contribution in [0.25, 0.3) is 0 Å². The van der Waals surface area contributed by atoms with Crippen LogP contribution in [0.5, 0.6) is 0 Å². The highest BCUT2D eigenvalue weighted by Gasteiger charge is 2.34. The predicted octanol–water partition coefficient (Wildman–Crippen LogP) is 1.56. The zero-order valence-electron chi connectivity index (χ0n) is 11.5. The summed E-state index contributed by atoms with van der Waals surface area (Å²) in [6, 6.07) is 3.17. The molecule has 104 valence electrons. The summed E-state index contributed by atoms with van der Waals surface area (Å²) in [6.45, 7) is 5.04. The number of aliphatic carboxylic acids is 1. The Morgan fingerprint density at radius 1 is 1.47 bits per heavy atom. The van der Waals surface area contributed by atoms with Gasteiger partial charge in [0.2, 0.25) is 0 Å². The highest BCUT2D eigenvalue weighted by atomic mass is 16.5. The highest BCUT2D eigenvalue weighted by Crippen LogP contribution is 2.24. The van der Waals surface area contributed by atoms with Gasteiger partial charge in [-0.25, -0.2) is 14.6 Å². The SMILES string of the molecule is CCOC(=O)c1cccnc1N(C)C(C)(C)C(=O)O. The molecule has 1 aromatic rings. The molecule has 0 aromatic carbocycles. The third kappa shape index (κ3) is 3.01. The normalized spacial score (nSPS) is 10.9. The second kappa shape index (κ2) is 5.69. The number of nitrogens with zero attached hydrogens (tertiary/aromatic N) is 2. The number of hydrogen-bond acceptors (Lipinski definition) is 5. The van der Waals surface area contributed by atoms with Crippen LogP contribution in [-0.2, 0) is 9.53 Å². The van der Waals surface area contributed by atoms with Crippen molar-refractivity contribution in [3.63, 3.8) is 0 Å². The Hall–Kier alpha value is -2.11. The first-order valence-corrected chi connectivity index (χ1v) is 5.91. The highest BCUT2D eigenvalue weighted by molar-refractivity contribution is 5.96. The van der Waals surface area contributed by atoms with Crippen molar-refractivity contribution >= 4 is 17.8 Å². The van der Waals surface area contributed by atoms with E-state index in [9.17, 15) is 14.7 Å². The number of anilines is 1. The number of carboxylic acids is 1. The second-order valence-corrected chi connectivity index (χ2v) is 4.52. The van der Waals surface area contributed by atoms with E-state index in [1.54, 1.807) is 40.0 Å². The van der Waals surface area contributed by atoms with Crippen LogP contribution in [0.15, 0.2) is 18.3 Å². The van der Waals surface area contributed by atoms with Crippen LogP contribution in [0.1, 0.15) is 31.1 Å². The van der Waals surface area contributed by atoms with E-state index in [1.165, 1.54) is 11.1 Å². The maximum atomic E-state index is 11.8. The molecule has 0 aliphatic rings. The molecule has 0 fully saturated rings. The minimum atomic E-state index is -1.18. The van der Waals surface area contributed by atoms with Crippen molar-refractivity contribution in [3.8, 4) is 0 Å². The Balaban J connectivity index is 3.21. The van der Waals surface area contributed by atoms with Crippen LogP contribution in [0.3, 0.4) is 0 Å². The molecule has 0 saturated heterocycles. The maximum Gasteiger partial charge on any atom is 0.341 e. The van der Waals surface area contributed by atoms with Crippen molar-refractivity contribution in [2.75, 3.05) is 18.6 Å². The summed E-state index contributed by atoms with van der Waals surface area (Å²) < 4.78 is 4.94. The number of carbonyl (C=O) groups excluding carboxylic acids is 1. The van der Waals surface area contributed by atoms with Gasteiger partial charge in [-0.3, -0.25) is 0 Å². The lowest BCUT2D eigenvalue weighted by atomic mass is 10.0. The molecule has 1 rings (SSSR count). The largest absolute Gasteiger partial charge is 0.480 e. The molecule has 1 heterocycles. The van der Waals surface area contributed by atoms with E-state index in [-0.39, 0.29) is 18.0 Å². The van der Waals surface area contributed by atoms with Gasteiger partial charge in [-0.05, 0) is 32.9 Å². The van der Waals surface area contributed by atoms with Gasteiger partial charge in [-0.2, -0.15) is 0 Å². The summed E-state index contributed by atoms with van der Waals surface area (Å²) in [5.74, 6) is -1.23. The molecule has 0 radical (unpaired) electrons. The van der Waals surface area contributed by atoms with Crippen LogP contribution < -0.4 is 4.90 Å². The van der Waals surface area contributed by atoms with Gasteiger partial charge in [0.1, 0.15) is 16.9 Å². The van der Waals surface area contributed by atoms with E-state index >= 15 is 0 Å². The van der Waals surface area contributed by atoms with E-state index in [4.69, 9.17) is 4.74 Å². The topological polar surface area (TPSA) is 79.7 Å². The summed E-state index contributed by atoms with van der Waals surface area (Å²) in [7, 11) is 1.58. The molecule has 19 heavy (non-hydrogen) atoms. The monoisotopic (exact) mass is 266 g/mol. The number of rotatable bonds is 5. The first kappa shape index (κ1) is 14.9. The molecule has 0 amide bonds. The second-order valence-electron chi connectivity index (χ2n) is 4.52. The fourth-order valence-electron chi connectivity index (χ4n) is 1.44. The van der Waals surface area contributed by atoms with Crippen molar-refractivity contribution < 1.29 is 19.4 Å². The summed E-state index contributed by atoms with van der Waals surface area (Å²) >= 11 is 0. The number of hydrogen-bond donors (Lipinski definition) is 1. The van der Waals surface area contributed by atoms with Crippen molar-refractivity contribution in [2.45, 2.75) is 26.3 Å². The lowest BCUT2D eigenvalue weighted by Gasteiger charge is -2.33. The Labute approximate surface area is 112 Å². The molecule has 0 unspecified atom stereocenters. The van der Waals surface area contributed by atoms with Gasteiger partial charge in [0.25, 0.3) is 0 Å². The van der Waals surface area contributed by atoms with E-state index in [1.807, 2.05) is 0 Å². The molecule has 0 spiro atoms. The molecular weight excluding hydrogens is 248 g/mol. The zero-order valence-corrected chi connectivity index (χ0v) is 11.5. The molecule has 0 saturated carbocycles. The third-order valence-electron chi connectivity index (χ3n) is 2.96. The molecule has 6 nitrogen and oxygen atoms in total. The Morgan fingerprint density at radius 3 is 2.63 bits per heavy atom. The number of likely N-dealkylation sites (N-methyl/N-ethyl adjacent to an activating group) is 1. The number of pyridine rings is 1. The first-order valence-electron chi connectivity index (χ1n) is 5.91. The number of carboxylic acid groups (broad SMARTS) is 1. The molecule has 0 bridgehead atoms. The third-order valence-corrected chi connectivity index (χ3v) is 2.96. The van der Waals surface area contributed by atoms with Crippen LogP contribution >= 0.6 is 0 Å². The van der Waals surface area contributed by atoms with Gasteiger partial charge in [-0.15, -0.1) is 0 Å². The molecule has 6 heteroatoms. The van der Waals surface area contributed by atoms with Crippen LogP contribution in [0, 0.1) is 0 Å². The van der Waals surface area contributed by atoms with E-state index < -0.39 is 17.5 Å². The van der Waals surface area contributed by atoms with Crippen molar-refractivity contribution in [2.24, 2.45) is 0 Å². The number of carbonyl (C=O) groups is 2. The molecule has 0 atom stereocenters. The van der Waals surface area contributed by atoms with Crippen LogP contribution in [0.4, 0.5) is 5.82 Å². The fraction of sp³-hybridized carbons (Fsp3) is 0.462. The Kier molecular flexibility index (Phi) is 4.47. The summed E-state index contributed by atoms with van der Waals surface area (Å²) in [4.78, 5) is 28.6. The van der Waals surface area contributed by atoms with Crippen LogP contribution in [0.2, 0.25) is 0 Å². The number of aromatic nitrogens is 1. The summed E-state index contributed by atoms with van der Waals surface area (Å²) in [5, 5.41) is 9.22. The predicted molar refractivity (Wildman–Crippen MR) is 70.3 cm³/mol. The minimum Gasteiger partial charge on any atom is -0.480 e. The summed E-state index contributed by atoms with van der Waals surface area (Å²) in [5.41, 5.74) is -0.934. The van der Waals surface area contributed by atoms with Crippen molar-refractivity contribution in [1.82, 2.24) is 4.98 Å². The zero-order chi connectivity index (χ0) is 14.6. The minimum absolute atomic E-state index is 0.249. The Bertz CT molecular complexity index is 485. The van der Waals surface area contributed by atoms with Gasteiger partial charge < -0.3 is 14.7 Å². The molecule has 1 aromatic heterocycles. The molecule has 1 N–H and O–H groups in total. The molecular formula is C13H18N2O4.